The van der Waals surface area contributed by atoms with Crippen molar-refractivity contribution in [3.8, 4) is 34.2 Å². The zero-order valence-corrected chi connectivity index (χ0v) is 25.1. The van der Waals surface area contributed by atoms with Crippen LogP contribution in [0.15, 0.2) is 75.4 Å². The molecule has 44 heavy (non-hydrogen) atoms. The number of aromatic hydroxyl groups is 1. The van der Waals surface area contributed by atoms with E-state index < -0.39 is 31.7 Å². The number of carbonyl (C=O) groups is 1. The molecule has 0 radical (unpaired) electrons. The van der Waals surface area contributed by atoms with Crippen LogP contribution in [0, 0.1) is 0 Å². The summed E-state index contributed by atoms with van der Waals surface area (Å²) in [5.74, 6) is -0.172. The van der Waals surface area contributed by atoms with Crippen LogP contribution in [0.5, 0.6) is 17.4 Å². The van der Waals surface area contributed by atoms with Crippen molar-refractivity contribution in [2.45, 2.75) is 59.8 Å². The molecule has 1 amide bonds. The van der Waals surface area contributed by atoms with Crippen molar-refractivity contribution in [1.29, 1.82) is 0 Å². The van der Waals surface area contributed by atoms with E-state index in [2.05, 4.69) is 15.3 Å². The SMILES string of the molecule is COc1cccc(OC)c1-n1c(C2CCCC2)nc(O)c(S(=O)(=O)c2ccc(-c3ccnc(C4(NC=O)CC4)c3)cc2)c1=O. The average Bonchev–Trinajstić information content (AvgIpc) is 3.61. The van der Waals surface area contributed by atoms with Gasteiger partial charge in [0.2, 0.25) is 22.1 Å². The molecule has 11 nitrogen and oxygen atoms in total. The maximum absolute atomic E-state index is 14.2. The quantitative estimate of drug-likeness (QED) is 0.249. The number of sulfone groups is 1. The van der Waals surface area contributed by atoms with Crippen molar-refractivity contribution in [1.82, 2.24) is 19.9 Å². The summed E-state index contributed by atoms with van der Waals surface area (Å²) in [5.41, 5.74) is 1.03. The van der Waals surface area contributed by atoms with Gasteiger partial charge in [0.1, 0.15) is 23.0 Å². The van der Waals surface area contributed by atoms with Gasteiger partial charge in [-0.15, -0.1) is 0 Å². The van der Waals surface area contributed by atoms with Gasteiger partial charge < -0.3 is 19.9 Å². The third-order valence-corrected chi connectivity index (χ3v) is 10.3. The highest BCUT2D eigenvalue weighted by molar-refractivity contribution is 7.91. The van der Waals surface area contributed by atoms with Gasteiger partial charge in [-0.05, 0) is 73.2 Å². The summed E-state index contributed by atoms with van der Waals surface area (Å²) in [4.78, 5) is 33.1. The van der Waals surface area contributed by atoms with Crippen molar-refractivity contribution < 1.29 is 27.8 Å². The Morgan fingerprint density at radius 1 is 1.00 bits per heavy atom. The number of carbonyl (C=O) groups excluding carboxylic acids is 1. The molecule has 0 spiro atoms. The van der Waals surface area contributed by atoms with Gasteiger partial charge in [-0.1, -0.05) is 31.0 Å². The number of nitrogens with zero attached hydrogens (tertiary/aromatic N) is 3. The topological polar surface area (TPSA) is 150 Å². The molecule has 2 heterocycles. The fraction of sp³-hybridized carbons (Fsp3) is 0.312. The van der Waals surface area contributed by atoms with E-state index in [0.29, 0.717) is 23.5 Å². The molecule has 4 aromatic rings. The summed E-state index contributed by atoms with van der Waals surface area (Å²) < 4.78 is 40.3. The number of benzene rings is 2. The summed E-state index contributed by atoms with van der Waals surface area (Å²) in [6.45, 7) is 0. The Bertz CT molecular complexity index is 1870. The molecule has 2 aliphatic carbocycles. The number of amides is 1. The predicted molar refractivity (Wildman–Crippen MR) is 161 cm³/mol. The number of hydrogen-bond acceptors (Lipinski definition) is 9. The number of aromatic nitrogens is 3. The number of pyridine rings is 1. The van der Waals surface area contributed by atoms with E-state index in [1.807, 2.05) is 6.07 Å². The highest BCUT2D eigenvalue weighted by Gasteiger charge is 2.45. The molecule has 2 saturated carbocycles. The summed E-state index contributed by atoms with van der Waals surface area (Å²) in [6.07, 6.45) is 7.20. The first-order valence-corrected chi connectivity index (χ1v) is 15.8. The fourth-order valence-electron chi connectivity index (χ4n) is 6.00. The van der Waals surface area contributed by atoms with Gasteiger partial charge in [-0.25, -0.2) is 8.42 Å². The lowest BCUT2D eigenvalue weighted by atomic mass is 10.0. The Balaban J connectivity index is 1.45. The van der Waals surface area contributed by atoms with E-state index in [4.69, 9.17) is 9.47 Å². The molecule has 0 unspecified atom stereocenters. The van der Waals surface area contributed by atoms with E-state index in [1.54, 1.807) is 42.6 Å². The van der Waals surface area contributed by atoms with Gasteiger partial charge in [-0.3, -0.25) is 19.1 Å². The number of nitrogens with one attached hydrogen (secondary N) is 1. The lowest BCUT2D eigenvalue weighted by molar-refractivity contribution is -0.110. The summed E-state index contributed by atoms with van der Waals surface area (Å²) in [5, 5.41) is 13.9. The molecule has 228 valence electrons. The van der Waals surface area contributed by atoms with E-state index >= 15 is 0 Å². The fourth-order valence-corrected chi connectivity index (χ4v) is 7.34. The van der Waals surface area contributed by atoms with Gasteiger partial charge in [0.15, 0.2) is 4.90 Å². The molecular weight excluding hydrogens is 584 g/mol. The highest BCUT2D eigenvalue weighted by Crippen LogP contribution is 2.45. The number of methoxy groups -OCH3 is 2. The number of hydrogen-bond donors (Lipinski definition) is 2. The smallest absolute Gasteiger partial charge is 0.281 e. The molecule has 2 fully saturated rings. The Morgan fingerprint density at radius 3 is 2.25 bits per heavy atom. The molecule has 6 rings (SSSR count). The van der Waals surface area contributed by atoms with E-state index in [-0.39, 0.29) is 22.3 Å². The van der Waals surface area contributed by atoms with Crippen molar-refractivity contribution in [3.05, 3.63) is 82.7 Å². The Labute approximate surface area is 254 Å². The second-order valence-electron chi connectivity index (χ2n) is 11.1. The number of rotatable bonds is 10. The van der Waals surface area contributed by atoms with Gasteiger partial charge in [-0.2, -0.15) is 4.98 Å². The van der Waals surface area contributed by atoms with Crippen molar-refractivity contribution in [2.24, 2.45) is 0 Å². The highest BCUT2D eigenvalue weighted by atomic mass is 32.2. The minimum absolute atomic E-state index is 0.166. The maximum Gasteiger partial charge on any atom is 0.281 e. The molecule has 0 atom stereocenters. The Hall–Kier alpha value is -4.71. The summed E-state index contributed by atoms with van der Waals surface area (Å²) in [7, 11) is -1.64. The van der Waals surface area contributed by atoms with Crippen LogP contribution >= 0.6 is 0 Å². The zero-order chi connectivity index (χ0) is 31.1. The Kier molecular flexibility index (Phi) is 7.62. The first-order chi connectivity index (χ1) is 21.2. The van der Waals surface area contributed by atoms with Gasteiger partial charge in [0.25, 0.3) is 5.56 Å². The lowest BCUT2D eigenvalue weighted by Crippen LogP contribution is -2.30. The lowest BCUT2D eigenvalue weighted by Gasteiger charge is -2.22. The van der Waals surface area contributed by atoms with Crippen LogP contribution in [-0.4, -0.2) is 48.7 Å². The van der Waals surface area contributed by atoms with E-state index in [9.17, 15) is 23.1 Å². The molecule has 2 N–H and O–H groups in total. The largest absolute Gasteiger partial charge is 0.494 e. The zero-order valence-electron chi connectivity index (χ0n) is 24.3. The molecule has 2 aliphatic rings. The molecule has 0 bridgehead atoms. The van der Waals surface area contributed by atoms with Crippen LogP contribution in [0.25, 0.3) is 16.8 Å². The number of para-hydroxylation sites is 1. The molecule has 2 aromatic carbocycles. The van der Waals surface area contributed by atoms with Gasteiger partial charge in [0.05, 0.1) is 30.3 Å². The standard InChI is InChI=1S/C32H32N4O7S/c1-42-24-8-5-9-25(43-2)27(24)36-29(21-6-3-4-7-21)35-30(38)28(31(36)39)44(40,41)23-12-10-20(11-13-23)22-14-17-33-26(18-22)32(15-16-32)34-19-37/h5,8-14,17-19,21,38H,3-4,6-7,15-16H2,1-2H3,(H,34,37). The van der Waals surface area contributed by atoms with Crippen molar-refractivity contribution in [2.75, 3.05) is 14.2 Å². The normalized spacial score (nSPS) is 16.0. The first-order valence-electron chi connectivity index (χ1n) is 14.3. The van der Waals surface area contributed by atoms with Gasteiger partial charge >= 0.3 is 0 Å². The van der Waals surface area contributed by atoms with Crippen LogP contribution < -0.4 is 20.3 Å². The molecule has 0 saturated heterocycles. The third-order valence-electron chi connectivity index (χ3n) is 8.50. The maximum atomic E-state index is 14.2. The second-order valence-corrected chi connectivity index (χ2v) is 12.9. The van der Waals surface area contributed by atoms with Crippen LogP contribution in [0.3, 0.4) is 0 Å². The van der Waals surface area contributed by atoms with Crippen molar-refractivity contribution in [3.63, 3.8) is 0 Å². The molecular formula is C32H32N4O7S. The van der Waals surface area contributed by atoms with Crippen LogP contribution in [0.2, 0.25) is 0 Å². The predicted octanol–water partition coefficient (Wildman–Crippen LogP) is 4.24. The van der Waals surface area contributed by atoms with Crippen LogP contribution in [0.1, 0.15) is 56.0 Å². The number of ether oxygens (including phenoxy) is 2. The van der Waals surface area contributed by atoms with Gasteiger partial charge in [0, 0.05) is 12.1 Å². The monoisotopic (exact) mass is 616 g/mol. The van der Waals surface area contributed by atoms with E-state index in [0.717, 1.165) is 49.8 Å². The molecule has 0 aliphatic heterocycles. The Morgan fingerprint density at radius 2 is 1.66 bits per heavy atom. The third kappa shape index (κ3) is 4.98. The minimum atomic E-state index is -4.53. The molecule has 2 aromatic heterocycles. The second kappa shape index (κ2) is 11.4. The van der Waals surface area contributed by atoms with Crippen molar-refractivity contribution >= 4 is 16.2 Å². The first kappa shape index (κ1) is 29.4. The summed E-state index contributed by atoms with van der Waals surface area (Å²) in [6, 6.07) is 14.7. The minimum Gasteiger partial charge on any atom is -0.494 e. The van der Waals surface area contributed by atoms with E-state index in [1.165, 1.54) is 30.9 Å². The van der Waals surface area contributed by atoms with Crippen LogP contribution in [-0.2, 0) is 20.2 Å². The van der Waals surface area contributed by atoms with Crippen LogP contribution in [0.4, 0.5) is 0 Å². The molecule has 12 heteroatoms. The summed E-state index contributed by atoms with van der Waals surface area (Å²) >= 11 is 0. The average molecular weight is 617 g/mol.